The van der Waals surface area contributed by atoms with Gasteiger partial charge in [-0.1, -0.05) is 35.3 Å². The Morgan fingerprint density at radius 1 is 1.05 bits per heavy atom. The monoisotopic (exact) mass is 307 g/mol. The molecule has 0 radical (unpaired) electrons. The third-order valence-corrected chi connectivity index (χ3v) is 3.19. The fraction of sp³-hybridized carbons (Fsp3) is 0.0833. The van der Waals surface area contributed by atoms with E-state index < -0.39 is 17.6 Å². The van der Waals surface area contributed by atoms with Gasteiger partial charge in [-0.2, -0.15) is 13.2 Å². The van der Waals surface area contributed by atoms with Crippen molar-refractivity contribution in [2.45, 2.75) is 6.18 Å². The zero-order chi connectivity index (χ0) is 14.2. The molecule has 0 aliphatic rings. The normalized spacial score (nSPS) is 11.6. The Morgan fingerprint density at radius 2 is 1.74 bits per heavy atom. The van der Waals surface area contributed by atoms with E-state index >= 15 is 0 Å². The van der Waals surface area contributed by atoms with Crippen LogP contribution in [0.25, 0.3) is 11.3 Å². The molecule has 0 fully saturated rings. The molecular formula is C12H6Cl2F3NO. The summed E-state index contributed by atoms with van der Waals surface area (Å²) >= 11 is 11.7. The number of aromatic nitrogens is 1. The molecule has 100 valence electrons. The molecule has 0 spiro atoms. The van der Waals surface area contributed by atoms with Crippen LogP contribution in [0.15, 0.2) is 30.3 Å². The van der Waals surface area contributed by atoms with Crippen LogP contribution >= 0.6 is 23.2 Å². The van der Waals surface area contributed by atoms with Gasteiger partial charge in [0.1, 0.15) is 5.75 Å². The summed E-state index contributed by atoms with van der Waals surface area (Å²) in [6, 6.07) is 6.71. The fourth-order valence-electron chi connectivity index (χ4n) is 1.51. The molecule has 0 saturated heterocycles. The Hall–Kier alpha value is -1.46. The first kappa shape index (κ1) is 14.0. The van der Waals surface area contributed by atoms with Crippen LogP contribution in [0.3, 0.4) is 0 Å². The average molecular weight is 308 g/mol. The average Bonchev–Trinajstić information content (AvgIpc) is 2.32. The lowest BCUT2D eigenvalue weighted by Crippen LogP contribution is -2.08. The van der Waals surface area contributed by atoms with E-state index in [0.717, 1.165) is 6.07 Å². The fourth-order valence-corrected chi connectivity index (χ4v) is 1.91. The van der Waals surface area contributed by atoms with E-state index in [1.165, 1.54) is 18.2 Å². The molecule has 19 heavy (non-hydrogen) atoms. The van der Waals surface area contributed by atoms with Crippen LogP contribution < -0.4 is 0 Å². The van der Waals surface area contributed by atoms with Crippen molar-refractivity contribution in [3.05, 3.63) is 46.1 Å². The Labute approximate surface area is 116 Å². The highest BCUT2D eigenvalue weighted by Gasteiger charge is 2.36. The van der Waals surface area contributed by atoms with E-state index in [1.807, 2.05) is 0 Å². The zero-order valence-electron chi connectivity index (χ0n) is 9.17. The van der Waals surface area contributed by atoms with Gasteiger partial charge >= 0.3 is 6.18 Å². The molecule has 2 nitrogen and oxygen atoms in total. The second-order valence-corrected chi connectivity index (χ2v) is 4.45. The molecule has 1 aromatic heterocycles. The number of benzene rings is 1. The molecular weight excluding hydrogens is 302 g/mol. The molecule has 1 N–H and O–H groups in total. The Morgan fingerprint density at radius 3 is 2.37 bits per heavy atom. The van der Waals surface area contributed by atoms with E-state index in [2.05, 4.69) is 4.98 Å². The predicted molar refractivity (Wildman–Crippen MR) is 66.4 cm³/mol. The van der Waals surface area contributed by atoms with Gasteiger partial charge in [-0.15, -0.1) is 0 Å². The van der Waals surface area contributed by atoms with Gasteiger partial charge < -0.3 is 5.11 Å². The van der Waals surface area contributed by atoms with Crippen LogP contribution in [0.4, 0.5) is 13.2 Å². The van der Waals surface area contributed by atoms with Gasteiger partial charge in [-0.3, -0.25) is 0 Å². The first-order chi connectivity index (χ1) is 8.80. The summed E-state index contributed by atoms with van der Waals surface area (Å²) in [7, 11) is 0. The predicted octanol–water partition coefficient (Wildman–Crippen LogP) is 4.78. The SMILES string of the molecule is Oc1ccc(-c2cccc(Cl)c2Cl)nc1C(F)(F)F. The van der Waals surface area contributed by atoms with Crippen molar-refractivity contribution in [2.24, 2.45) is 0 Å². The highest BCUT2D eigenvalue weighted by molar-refractivity contribution is 6.43. The maximum atomic E-state index is 12.6. The Bertz CT molecular complexity index is 629. The van der Waals surface area contributed by atoms with Crippen LogP contribution in [-0.2, 0) is 6.18 Å². The number of aromatic hydroxyl groups is 1. The molecule has 2 aromatic rings. The van der Waals surface area contributed by atoms with Crippen LogP contribution in [0.2, 0.25) is 10.0 Å². The van der Waals surface area contributed by atoms with E-state index in [1.54, 1.807) is 6.07 Å². The number of alkyl halides is 3. The van der Waals surface area contributed by atoms with Crippen LogP contribution in [0.1, 0.15) is 5.69 Å². The van der Waals surface area contributed by atoms with Crippen molar-refractivity contribution >= 4 is 23.2 Å². The summed E-state index contributed by atoms with van der Waals surface area (Å²) in [6.07, 6.45) is -4.74. The highest BCUT2D eigenvalue weighted by atomic mass is 35.5. The van der Waals surface area contributed by atoms with Gasteiger partial charge in [-0.25, -0.2) is 4.98 Å². The number of nitrogens with zero attached hydrogens (tertiary/aromatic N) is 1. The van der Waals surface area contributed by atoms with E-state index in [0.29, 0.717) is 0 Å². The number of hydrogen-bond donors (Lipinski definition) is 1. The quantitative estimate of drug-likeness (QED) is 0.822. The summed E-state index contributed by atoms with van der Waals surface area (Å²) in [5, 5.41) is 9.52. The molecule has 7 heteroatoms. The number of pyridine rings is 1. The van der Waals surface area contributed by atoms with Gasteiger partial charge in [-0.05, 0) is 18.2 Å². The van der Waals surface area contributed by atoms with Gasteiger partial charge in [0.25, 0.3) is 0 Å². The summed E-state index contributed by atoms with van der Waals surface area (Å²) in [5.41, 5.74) is -1.11. The first-order valence-electron chi connectivity index (χ1n) is 5.02. The molecule has 0 amide bonds. The first-order valence-corrected chi connectivity index (χ1v) is 5.78. The van der Waals surface area contributed by atoms with Gasteiger partial charge in [0.15, 0.2) is 5.69 Å². The van der Waals surface area contributed by atoms with Crippen molar-refractivity contribution in [3.63, 3.8) is 0 Å². The van der Waals surface area contributed by atoms with Crippen molar-refractivity contribution < 1.29 is 18.3 Å². The van der Waals surface area contributed by atoms with Crippen LogP contribution in [0, 0.1) is 0 Å². The second-order valence-electron chi connectivity index (χ2n) is 3.66. The molecule has 1 aromatic carbocycles. The summed E-state index contributed by atoms with van der Waals surface area (Å²) < 4.78 is 37.9. The Kier molecular flexibility index (Phi) is 3.60. The molecule has 0 bridgehead atoms. The third-order valence-electron chi connectivity index (χ3n) is 2.37. The standard InChI is InChI=1S/C12H6Cl2F3NO/c13-7-3-1-2-6(10(7)14)8-4-5-9(19)11(18-8)12(15,16)17/h1-5,19H. The Balaban J connectivity index is 2.62. The lowest BCUT2D eigenvalue weighted by atomic mass is 10.1. The highest BCUT2D eigenvalue weighted by Crippen LogP contribution is 2.38. The molecule has 0 unspecified atom stereocenters. The smallest absolute Gasteiger partial charge is 0.437 e. The zero-order valence-corrected chi connectivity index (χ0v) is 10.7. The summed E-state index contributed by atoms with van der Waals surface area (Å²) in [6.45, 7) is 0. The minimum absolute atomic E-state index is 0.0161. The van der Waals surface area contributed by atoms with Crippen molar-refractivity contribution in [2.75, 3.05) is 0 Å². The van der Waals surface area contributed by atoms with E-state index in [-0.39, 0.29) is 21.3 Å². The minimum atomic E-state index is -4.74. The van der Waals surface area contributed by atoms with Crippen molar-refractivity contribution in [1.82, 2.24) is 4.98 Å². The number of hydrogen-bond acceptors (Lipinski definition) is 2. The molecule has 0 saturated carbocycles. The molecule has 2 rings (SSSR count). The van der Waals surface area contributed by atoms with Gasteiger partial charge in [0, 0.05) is 5.56 Å². The lowest BCUT2D eigenvalue weighted by molar-refractivity contribution is -0.142. The van der Waals surface area contributed by atoms with Crippen LogP contribution in [0.5, 0.6) is 5.75 Å². The number of halogens is 5. The molecule has 1 heterocycles. The molecule has 0 atom stereocenters. The maximum absolute atomic E-state index is 12.6. The van der Waals surface area contributed by atoms with Crippen molar-refractivity contribution in [3.8, 4) is 17.0 Å². The number of rotatable bonds is 1. The summed E-state index contributed by atoms with van der Waals surface area (Å²) in [4.78, 5) is 3.40. The maximum Gasteiger partial charge on any atom is 0.437 e. The van der Waals surface area contributed by atoms with E-state index in [4.69, 9.17) is 23.2 Å². The minimum Gasteiger partial charge on any atom is -0.506 e. The summed E-state index contributed by atoms with van der Waals surface area (Å²) in [5.74, 6) is -0.936. The van der Waals surface area contributed by atoms with Gasteiger partial charge in [0.05, 0.1) is 15.7 Å². The molecule has 0 aliphatic heterocycles. The van der Waals surface area contributed by atoms with Gasteiger partial charge in [0.2, 0.25) is 0 Å². The van der Waals surface area contributed by atoms with E-state index in [9.17, 15) is 18.3 Å². The third kappa shape index (κ3) is 2.77. The molecule has 0 aliphatic carbocycles. The second kappa shape index (κ2) is 4.90. The van der Waals surface area contributed by atoms with Crippen molar-refractivity contribution in [1.29, 1.82) is 0 Å². The lowest BCUT2D eigenvalue weighted by Gasteiger charge is -2.11. The largest absolute Gasteiger partial charge is 0.506 e. The van der Waals surface area contributed by atoms with Crippen LogP contribution in [-0.4, -0.2) is 10.1 Å². The topological polar surface area (TPSA) is 33.1 Å².